The molecule has 2 saturated heterocycles. The second kappa shape index (κ2) is 6.79. The summed E-state index contributed by atoms with van der Waals surface area (Å²) in [5.41, 5.74) is 2.29. The largest absolute Gasteiger partial charge is 0.467 e. The first-order chi connectivity index (χ1) is 12.2. The third-order valence-corrected chi connectivity index (χ3v) is 6.11. The first-order valence-corrected chi connectivity index (χ1v) is 9.36. The number of amides is 1. The zero-order valence-electron chi connectivity index (χ0n) is 14.8. The summed E-state index contributed by atoms with van der Waals surface area (Å²) in [4.78, 5) is 29.9. The highest BCUT2D eigenvalue weighted by atomic mass is 16.5. The van der Waals surface area contributed by atoms with Gasteiger partial charge in [0.15, 0.2) is 0 Å². The van der Waals surface area contributed by atoms with Crippen LogP contribution in [0.15, 0.2) is 24.3 Å². The van der Waals surface area contributed by atoms with Crippen LogP contribution >= 0.6 is 0 Å². The maximum absolute atomic E-state index is 13.3. The van der Waals surface area contributed by atoms with E-state index in [1.54, 1.807) is 4.90 Å². The Morgan fingerprint density at radius 1 is 1.16 bits per heavy atom. The minimum absolute atomic E-state index is 0.0144. The number of esters is 1. The number of ether oxygens (including phenoxy) is 1. The number of carbonyl (C=O) groups is 2. The number of hydrogen-bond acceptors (Lipinski definition) is 4. The van der Waals surface area contributed by atoms with Gasteiger partial charge in [-0.3, -0.25) is 9.69 Å². The fourth-order valence-electron chi connectivity index (χ4n) is 4.77. The van der Waals surface area contributed by atoms with Gasteiger partial charge < -0.3 is 9.64 Å². The van der Waals surface area contributed by atoms with Crippen molar-refractivity contribution in [2.24, 2.45) is 5.92 Å². The summed E-state index contributed by atoms with van der Waals surface area (Å²) in [5, 5.41) is 0. The van der Waals surface area contributed by atoms with Crippen LogP contribution in [0.2, 0.25) is 0 Å². The van der Waals surface area contributed by atoms with Crippen LogP contribution in [-0.2, 0) is 27.3 Å². The number of methoxy groups -OCH3 is 1. The SMILES string of the molecule is COC(=O)[C@@H]1Cc2ccccc2CN1C(=O)[C@@H]1C[C@@H]2CCCCN2C1. The Kier molecular flexibility index (Phi) is 4.50. The molecule has 0 unspecified atom stereocenters. The second-order valence-electron chi connectivity index (χ2n) is 7.56. The molecular weight excluding hydrogens is 316 g/mol. The molecule has 5 nitrogen and oxygen atoms in total. The molecular formula is C20H26N2O3. The van der Waals surface area contributed by atoms with E-state index in [1.807, 2.05) is 18.2 Å². The van der Waals surface area contributed by atoms with Crippen LogP contribution < -0.4 is 0 Å². The Labute approximate surface area is 148 Å². The van der Waals surface area contributed by atoms with Crippen LogP contribution in [-0.4, -0.2) is 54.0 Å². The van der Waals surface area contributed by atoms with E-state index in [-0.39, 0.29) is 17.8 Å². The zero-order chi connectivity index (χ0) is 17.4. The van der Waals surface area contributed by atoms with Crippen LogP contribution in [0.1, 0.15) is 36.8 Å². The predicted octanol–water partition coefficient (Wildman–Crippen LogP) is 1.99. The molecule has 3 atom stereocenters. The average Bonchev–Trinajstić information content (AvgIpc) is 3.10. The molecule has 3 aliphatic rings. The number of piperidine rings is 1. The smallest absolute Gasteiger partial charge is 0.328 e. The monoisotopic (exact) mass is 342 g/mol. The highest BCUT2D eigenvalue weighted by Crippen LogP contribution is 2.33. The van der Waals surface area contributed by atoms with Crippen LogP contribution in [0.4, 0.5) is 0 Å². The molecule has 0 spiro atoms. The molecule has 0 aliphatic carbocycles. The number of benzene rings is 1. The van der Waals surface area contributed by atoms with Gasteiger partial charge in [-0.1, -0.05) is 30.7 Å². The molecule has 3 heterocycles. The number of carbonyl (C=O) groups excluding carboxylic acids is 2. The number of fused-ring (bicyclic) bond motifs is 2. The molecule has 134 valence electrons. The molecule has 2 fully saturated rings. The molecule has 1 aromatic rings. The van der Waals surface area contributed by atoms with E-state index in [2.05, 4.69) is 11.0 Å². The van der Waals surface area contributed by atoms with Gasteiger partial charge in [-0.2, -0.15) is 0 Å². The van der Waals surface area contributed by atoms with Crippen molar-refractivity contribution in [3.05, 3.63) is 35.4 Å². The number of hydrogen-bond donors (Lipinski definition) is 0. The Morgan fingerprint density at radius 2 is 1.96 bits per heavy atom. The van der Waals surface area contributed by atoms with Crippen molar-refractivity contribution in [2.75, 3.05) is 20.2 Å². The summed E-state index contributed by atoms with van der Waals surface area (Å²) >= 11 is 0. The van der Waals surface area contributed by atoms with Crippen LogP contribution in [0.3, 0.4) is 0 Å². The molecule has 0 N–H and O–H groups in total. The molecule has 4 rings (SSSR count). The van der Waals surface area contributed by atoms with Gasteiger partial charge in [-0.25, -0.2) is 4.79 Å². The van der Waals surface area contributed by atoms with E-state index < -0.39 is 6.04 Å². The molecule has 5 heteroatoms. The quantitative estimate of drug-likeness (QED) is 0.771. The fraction of sp³-hybridized carbons (Fsp3) is 0.600. The summed E-state index contributed by atoms with van der Waals surface area (Å²) in [5.74, 6) is -0.168. The third-order valence-electron chi connectivity index (χ3n) is 6.11. The lowest BCUT2D eigenvalue weighted by molar-refractivity contribution is -0.155. The van der Waals surface area contributed by atoms with Gasteiger partial charge >= 0.3 is 5.97 Å². The number of rotatable bonds is 2. The normalized spacial score (nSPS) is 29.0. The first-order valence-electron chi connectivity index (χ1n) is 9.36. The Morgan fingerprint density at radius 3 is 2.72 bits per heavy atom. The maximum atomic E-state index is 13.3. The average molecular weight is 342 g/mol. The van der Waals surface area contributed by atoms with Crippen molar-refractivity contribution in [3.8, 4) is 0 Å². The Balaban J connectivity index is 1.56. The zero-order valence-corrected chi connectivity index (χ0v) is 14.8. The van der Waals surface area contributed by atoms with E-state index in [9.17, 15) is 9.59 Å². The van der Waals surface area contributed by atoms with E-state index in [1.165, 1.54) is 26.4 Å². The topological polar surface area (TPSA) is 49.9 Å². The summed E-state index contributed by atoms with van der Waals surface area (Å²) in [6.07, 6.45) is 5.19. The highest BCUT2D eigenvalue weighted by Gasteiger charge is 2.43. The van der Waals surface area contributed by atoms with Gasteiger partial charge in [-0.15, -0.1) is 0 Å². The van der Waals surface area contributed by atoms with Gasteiger partial charge in [0.1, 0.15) is 6.04 Å². The summed E-state index contributed by atoms with van der Waals surface area (Å²) in [6.45, 7) is 2.46. The molecule has 0 aromatic heterocycles. The van der Waals surface area contributed by atoms with Crippen molar-refractivity contribution in [2.45, 2.75) is 50.7 Å². The molecule has 0 saturated carbocycles. The summed E-state index contributed by atoms with van der Waals surface area (Å²) in [7, 11) is 1.40. The van der Waals surface area contributed by atoms with Crippen molar-refractivity contribution < 1.29 is 14.3 Å². The van der Waals surface area contributed by atoms with Gasteiger partial charge in [0.2, 0.25) is 5.91 Å². The van der Waals surface area contributed by atoms with Gasteiger partial charge in [-0.05, 0) is 36.9 Å². The molecule has 25 heavy (non-hydrogen) atoms. The van der Waals surface area contributed by atoms with Crippen molar-refractivity contribution in [1.29, 1.82) is 0 Å². The Bertz CT molecular complexity index is 661. The lowest BCUT2D eigenvalue weighted by Gasteiger charge is -2.36. The molecule has 3 aliphatic heterocycles. The number of nitrogens with zero attached hydrogens (tertiary/aromatic N) is 2. The van der Waals surface area contributed by atoms with Gasteiger partial charge in [0.05, 0.1) is 13.0 Å². The maximum Gasteiger partial charge on any atom is 0.328 e. The van der Waals surface area contributed by atoms with Crippen molar-refractivity contribution in [1.82, 2.24) is 9.80 Å². The Hall–Kier alpha value is -1.88. The van der Waals surface area contributed by atoms with E-state index in [0.29, 0.717) is 19.0 Å². The summed E-state index contributed by atoms with van der Waals surface area (Å²) < 4.78 is 5.00. The van der Waals surface area contributed by atoms with Crippen LogP contribution in [0.25, 0.3) is 0 Å². The van der Waals surface area contributed by atoms with Crippen LogP contribution in [0.5, 0.6) is 0 Å². The van der Waals surface area contributed by atoms with Crippen LogP contribution in [0, 0.1) is 5.92 Å². The van der Waals surface area contributed by atoms with Crippen molar-refractivity contribution >= 4 is 11.9 Å². The van der Waals surface area contributed by atoms with Crippen molar-refractivity contribution in [3.63, 3.8) is 0 Å². The van der Waals surface area contributed by atoms with E-state index in [4.69, 9.17) is 4.74 Å². The highest BCUT2D eigenvalue weighted by molar-refractivity contribution is 5.87. The minimum atomic E-state index is -0.495. The van der Waals surface area contributed by atoms with E-state index >= 15 is 0 Å². The standard InChI is InChI=1S/C20H26N2O3/c1-25-20(24)18-11-14-6-2-3-7-15(14)13-22(18)19(23)16-10-17-8-4-5-9-21(17)12-16/h2-3,6-7,16-18H,4-5,8-13H2,1H3/t16-,17+,18+/m1/s1. The second-order valence-corrected chi connectivity index (χ2v) is 7.56. The third kappa shape index (κ3) is 3.06. The minimum Gasteiger partial charge on any atom is -0.467 e. The predicted molar refractivity (Wildman–Crippen MR) is 93.8 cm³/mol. The molecule has 1 amide bonds. The fourth-order valence-corrected chi connectivity index (χ4v) is 4.77. The first kappa shape index (κ1) is 16.6. The van der Waals surface area contributed by atoms with Gasteiger partial charge in [0, 0.05) is 25.6 Å². The summed E-state index contributed by atoms with van der Waals surface area (Å²) in [6, 6.07) is 8.14. The van der Waals surface area contributed by atoms with E-state index in [0.717, 1.165) is 30.6 Å². The molecule has 0 radical (unpaired) electrons. The lowest BCUT2D eigenvalue weighted by atomic mass is 9.91. The van der Waals surface area contributed by atoms with Gasteiger partial charge in [0.25, 0.3) is 0 Å². The molecule has 0 bridgehead atoms. The lowest BCUT2D eigenvalue weighted by Crippen LogP contribution is -2.51. The molecule has 1 aromatic carbocycles.